The molecule has 11 heteroatoms. The van der Waals surface area contributed by atoms with E-state index in [1.807, 2.05) is 34.1 Å². The largest absolute Gasteiger partial charge is 0.494 e. The molecular weight excluding hydrogens is 548 g/mol. The van der Waals surface area contributed by atoms with E-state index < -0.39 is 17.2 Å². The van der Waals surface area contributed by atoms with E-state index in [0.717, 1.165) is 55.7 Å². The monoisotopic (exact) mass is 589 g/mol. The Balaban J connectivity index is 1.36. The van der Waals surface area contributed by atoms with Crippen molar-refractivity contribution < 1.29 is 37.7 Å². The molecule has 9 nitrogen and oxygen atoms in total. The predicted octanol–water partition coefficient (Wildman–Crippen LogP) is 3.24. The quantitative estimate of drug-likeness (QED) is 0.380. The fourth-order valence-corrected chi connectivity index (χ4v) is 5.39. The molecule has 4 rings (SSSR count). The van der Waals surface area contributed by atoms with Crippen LogP contribution in [0.25, 0.3) is 0 Å². The third kappa shape index (κ3) is 9.37. The first-order valence-electron chi connectivity index (χ1n) is 14.5. The number of hydrogen-bond donors (Lipinski definition) is 1. The molecule has 0 aromatic heterocycles. The van der Waals surface area contributed by atoms with Crippen molar-refractivity contribution in [3.05, 3.63) is 59.7 Å². The number of β-amino-alcohol motifs (C(OH)–C–C–N with tert-alkyl or cyclic N) is 1. The Bertz CT molecular complexity index is 1200. The smallest absolute Gasteiger partial charge is 0.248 e. The van der Waals surface area contributed by atoms with Gasteiger partial charge in [-0.2, -0.15) is 0 Å². The van der Waals surface area contributed by atoms with Crippen LogP contribution in [0.2, 0.25) is 0 Å². The van der Waals surface area contributed by atoms with E-state index in [0.29, 0.717) is 39.2 Å². The van der Waals surface area contributed by atoms with Crippen LogP contribution in [0.4, 0.5) is 8.78 Å². The number of benzene rings is 2. The lowest BCUT2D eigenvalue weighted by molar-refractivity contribution is -0.138. The van der Waals surface area contributed by atoms with Crippen LogP contribution in [-0.4, -0.2) is 103 Å². The first kappa shape index (κ1) is 31.7. The summed E-state index contributed by atoms with van der Waals surface area (Å²) in [4.78, 5) is 30.4. The molecule has 2 aromatic carbocycles. The zero-order chi connectivity index (χ0) is 30.0. The third-order valence-electron chi connectivity index (χ3n) is 7.53. The maximum atomic E-state index is 13.7. The Labute approximate surface area is 245 Å². The van der Waals surface area contributed by atoms with Crippen LogP contribution in [0.5, 0.6) is 11.5 Å². The van der Waals surface area contributed by atoms with Gasteiger partial charge >= 0.3 is 0 Å². The van der Waals surface area contributed by atoms with Crippen molar-refractivity contribution in [3.8, 4) is 11.5 Å². The molecule has 2 aliphatic rings. The minimum atomic E-state index is -1.48. The third-order valence-corrected chi connectivity index (χ3v) is 7.53. The molecule has 1 N–H and O–H groups in total. The number of hydrogen-bond acceptors (Lipinski definition) is 7. The molecule has 2 heterocycles. The van der Waals surface area contributed by atoms with Gasteiger partial charge in [-0.25, -0.2) is 8.78 Å². The number of carbonyl (C=O) groups excluding carboxylic acids is 2. The van der Waals surface area contributed by atoms with Crippen molar-refractivity contribution >= 4 is 11.8 Å². The first-order valence-corrected chi connectivity index (χ1v) is 14.5. The predicted molar refractivity (Wildman–Crippen MR) is 152 cm³/mol. The molecule has 42 heavy (non-hydrogen) atoms. The number of likely N-dealkylation sites (tertiary alicyclic amines) is 1. The summed E-state index contributed by atoms with van der Waals surface area (Å²) in [6.07, 6.45) is 4.50. The molecule has 0 aliphatic carbocycles. The minimum absolute atomic E-state index is 0.00194. The molecule has 0 spiro atoms. The van der Waals surface area contributed by atoms with Crippen molar-refractivity contribution in [2.75, 3.05) is 66.2 Å². The average molecular weight is 590 g/mol. The fourth-order valence-electron chi connectivity index (χ4n) is 5.39. The number of rotatable bonds is 12. The summed E-state index contributed by atoms with van der Waals surface area (Å²) in [6.45, 7) is 3.19. The molecule has 1 atom stereocenters. The van der Waals surface area contributed by atoms with Gasteiger partial charge < -0.3 is 29.1 Å². The Morgan fingerprint density at radius 1 is 0.976 bits per heavy atom. The Morgan fingerprint density at radius 3 is 2.62 bits per heavy atom. The second-order valence-corrected chi connectivity index (χ2v) is 11.1. The zero-order valence-corrected chi connectivity index (χ0v) is 24.2. The van der Waals surface area contributed by atoms with Gasteiger partial charge in [0.15, 0.2) is 11.6 Å². The van der Waals surface area contributed by atoms with Crippen LogP contribution in [-0.2, 0) is 20.9 Å². The topological polar surface area (TPSA) is 91.8 Å². The van der Waals surface area contributed by atoms with Gasteiger partial charge in [0.05, 0.1) is 13.2 Å². The highest BCUT2D eigenvalue weighted by Gasteiger charge is 2.37. The summed E-state index contributed by atoms with van der Waals surface area (Å²) in [5.74, 6) is -1.27. The molecule has 0 radical (unpaired) electrons. The zero-order valence-electron chi connectivity index (χ0n) is 24.2. The summed E-state index contributed by atoms with van der Waals surface area (Å²) in [5, 5.41) is 11.6. The van der Waals surface area contributed by atoms with Gasteiger partial charge in [-0.3, -0.25) is 14.5 Å². The molecule has 2 aromatic rings. The highest BCUT2D eigenvalue weighted by Crippen LogP contribution is 2.23. The summed E-state index contributed by atoms with van der Waals surface area (Å²) < 4.78 is 43.7. The maximum Gasteiger partial charge on any atom is 0.248 e. The van der Waals surface area contributed by atoms with E-state index in [9.17, 15) is 23.5 Å². The van der Waals surface area contributed by atoms with E-state index in [1.54, 1.807) is 0 Å². The SMILES string of the molecule is COCC(=O)N1CCN(Cc2cccc(OCCCN3CCCCCC3=O)c2)CC(O)(COc2ccc(F)c(F)c2)C1. The lowest BCUT2D eigenvalue weighted by Gasteiger charge is -2.33. The molecule has 0 saturated carbocycles. The van der Waals surface area contributed by atoms with E-state index in [4.69, 9.17) is 14.2 Å². The van der Waals surface area contributed by atoms with E-state index in [1.165, 1.54) is 18.1 Å². The average Bonchev–Trinajstić information content (AvgIpc) is 3.27. The van der Waals surface area contributed by atoms with Gasteiger partial charge in [0.1, 0.15) is 30.3 Å². The van der Waals surface area contributed by atoms with E-state index in [-0.39, 0.29) is 43.9 Å². The molecular formula is C31H41F2N3O6. The fraction of sp³-hybridized carbons (Fsp3) is 0.548. The lowest BCUT2D eigenvalue weighted by Crippen LogP contribution is -2.52. The number of carbonyl (C=O) groups is 2. The van der Waals surface area contributed by atoms with Crippen molar-refractivity contribution in [3.63, 3.8) is 0 Å². The maximum absolute atomic E-state index is 13.7. The van der Waals surface area contributed by atoms with Crippen LogP contribution in [0.3, 0.4) is 0 Å². The van der Waals surface area contributed by atoms with Crippen molar-refractivity contribution in [1.29, 1.82) is 0 Å². The number of aliphatic hydroxyl groups is 1. The second kappa shape index (κ2) is 15.3. The van der Waals surface area contributed by atoms with Gasteiger partial charge in [-0.05, 0) is 49.1 Å². The van der Waals surface area contributed by atoms with Gasteiger partial charge in [0, 0.05) is 58.9 Å². The Morgan fingerprint density at radius 2 is 1.81 bits per heavy atom. The Hall–Kier alpha value is -3.28. The second-order valence-electron chi connectivity index (χ2n) is 11.1. The van der Waals surface area contributed by atoms with Crippen LogP contribution in [0.15, 0.2) is 42.5 Å². The van der Waals surface area contributed by atoms with Crippen molar-refractivity contribution in [2.24, 2.45) is 0 Å². The number of halogens is 2. The summed E-state index contributed by atoms with van der Waals surface area (Å²) in [7, 11) is 1.43. The van der Waals surface area contributed by atoms with Gasteiger partial charge in [0.2, 0.25) is 11.8 Å². The summed E-state index contributed by atoms with van der Waals surface area (Å²) in [6, 6.07) is 10.9. The molecule has 2 saturated heterocycles. The Kier molecular flexibility index (Phi) is 11.5. The molecule has 2 fully saturated rings. The van der Waals surface area contributed by atoms with Crippen LogP contribution >= 0.6 is 0 Å². The van der Waals surface area contributed by atoms with E-state index >= 15 is 0 Å². The molecule has 2 aliphatic heterocycles. The van der Waals surface area contributed by atoms with Crippen molar-refractivity contribution in [1.82, 2.24) is 14.7 Å². The molecule has 0 bridgehead atoms. The summed E-state index contributed by atoms with van der Waals surface area (Å²) in [5.41, 5.74) is -0.514. The van der Waals surface area contributed by atoms with Gasteiger partial charge in [-0.15, -0.1) is 0 Å². The normalized spacial score (nSPS) is 20.2. The number of methoxy groups -OCH3 is 1. The van der Waals surface area contributed by atoms with E-state index in [2.05, 4.69) is 0 Å². The number of nitrogens with zero attached hydrogens (tertiary/aromatic N) is 3. The minimum Gasteiger partial charge on any atom is -0.494 e. The first-order chi connectivity index (χ1) is 20.2. The van der Waals surface area contributed by atoms with Crippen molar-refractivity contribution in [2.45, 2.75) is 44.2 Å². The number of amides is 2. The van der Waals surface area contributed by atoms with Gasteiger partial charge in [-0.1, -0.05) is 18.6 Å². The van der Waals surface area contributed by atoms with Gasteiger partial charge in [0.25, 0.3) is 0 Å². The van der Waals surface area contributed by atoms with Crippen LogP contribution in [0.1, 0.15) is 37.7 Å². The summed E-state index contributed by atoms with van der Waals surface area (Å²) >= 11 is 0. The lowest BCUT2D eigenvalue weighted by atomic mass is 10.0. The molecule has 1 unspecified atom stereocenters. The molecule has 230 valence electrons. The number of ether oxygens (including phenoxy) is 3. The standard InChI is InChI=1S/C31H41F2N3O6/c1-40-20-30(38)36-15-14-34(21-31(39,22-36)23-42-26-10-11-27(32)28(33)18-26)19-24-7-5-8-25(17-24)41-16-6-13-35-12-4-2-3-9-29(35)37/h5,7-8,10-11,17-18,39H,2-4,6,9,12-16,19-23H2,1H3. The van der Waals surface area contributed by atoms with Crippen LogP contribution in [0, 0.1) is 11.6 Å². The van der Waals surface area contributed by atoms with Crippen LogP contribution < -0.4 is 9.47 Å². The highest BCUT2D eigenvalue weighted by molar-refractivity contribution is 5.77. The highest BCUT2D eigenvalue weighted by atomic mass is 19.2. The molecule has 2 amide bonds.